The smallest absolute Gasteiger partial charge is 0.135 e. The second kappa shape index (κ2) is 15.8. The minimum absolute atomic E-state index is 0. The molecule has 0 spiro atoms. The quantitative estimate of drug-likeness (QED) is 0.118. The van der Waals surface area contributed by atoms with Crippen molar-refractivity contribution in [3.05, 3.63) is 169 Å². The van der Waals surface area contributed by atoms with Gasteiger partial charge in [0.25, 0.3) is 0 Å². The molecule has 0 aliphatic carbocycles. The van der Waals surface area contributed by atoms with Crippen molar-refractivity contribution in [1.82, 2.24) is 9.55 Å². The van der Waals surface area contributed by atoms with Crippen molar-refractivity contribution >= 4 is 57.8 Å². The van der Waals surface area contributed by atoms with Crippen LogP contribution in [0.15, 0.2) is 134 Å². The van der Waals surface area contributed by atoms with Crippen molar-refractivity contribution < 1.29 is 25.8 Å². The van der Waals surface area contributed by atoms with E-state index in [1.54, 1.807) is 0 Å². The molecule has 1 aliphatic heterocycles. The van der Waals surface area contributed by atoms with Gasteiger partial charge in [0.05, 0.1) is 8.07 Å². The molecule has 0 unspecified atom stereocenters. The number of aromatic nitrogens is 2. The van der Waals surface area contributed by atoms with Gasteiger partial charge >= 0.3 is 0 Å². The Kier molecular flexibility index (Phi) is 10.9. The molecule has 312 valence electrons. The average Bonchev–Trinajstić information content (AvgIpc) is 3.76. The van der Waals surface area contributed by atoms with Crippen LogP contribution in [0, 0.1) is 25.7 Å². The summed E-state index contributed by atoms with van der Waals surface area (Å²) in [5.41, 5.74) is 12.3. The average molecular weight is 997 g/mol. The molecule has 6 aromatic carbocycles. The summed E-state index contributed by atoms with van der Waals surface area (Å²) in [6.45, 7) is 25.2. The fourth-order valence-electron chi connectivity index (χ4n) is 8.17. The molecule has 0 saturated heterocycles. The van der Waals surface area contributed by atoms with E-state index >= 15 is 0 Å². The first-order valence-corrected chi connectivity index (χ1v) is 24.5. The van der Waals surface area contributed by atoms with Crippen LogP contribution in [0.1, 0.15) is 58.2 Å². The number of pyridine rings is 1. The number of hydrogen-bond donors (Lipinski definition) is 0. The van der Waals surface area contributed by atoms with Crippen molar-refractivity contribution in [2.75, 3.05) is 9.80 Å². The Bertz CT molecular complexity index is 2880. The Labute approximate surface area is 377 Å². The third-order valence-electron chi connectivity index (χ3n) is 11.7. The zero-order chi connectivity index (χ0) is 42.1. The topological polar surface area (TPSA) is 33.5 Å². The summed E-state index contributed by atoms with van der Waals surface area (Å²) in [5, 5.41) is 3.69. The van der Waals surface area contributed by atoms with Crippen LogP contribution >= 0.6 is 0 Å². The van der Waals surface area contributed by atoms with Gasteiger partial charge in [0.1, 0.15) is 5.82 Å². The maximum absolute atomic E-state index is 6.62. The van der Waals surface area contributed by atoms with Gasteiger partial charge in [0.2, 0.25) is 0 Å². The van der Waals surface area contributed by atoms with E-state index in [1.807, 2.05) is 24.4 Å². The maximum atomic E-state index is 6.62. The number of rotatable bonds is 7. The van der Waals surface area contributed by atoms with Crippen LogP contribution in [0.5, 0.6) is 11.5 Å². The van der Waals surface area contributed by atoms with Gasteiger partial charge in [-0.3, -0.25) is 0 Å². The fourth-order valence-corrected chi connectivity index (χ4v) is 9.33. The predicted octanol–water partition coefficient (Wildman–Crippen LogP) is 14.1. The van der Waals surface area contributed by atoms with E-state index < -0.39 is 8.07 Å². The van der Waals surface area contributed by atoms with Crippen LogP contribution in [0.25, 0.3) is 38.8 Å². The van der Waals surface area contributed by atoms with Gasteiger partial charge in [0.15, 0.2) is 0 Å². The summed E-state index contributed by atoms with van der Waals surface area (Å²) < 4.78 is 8.82. The van der Waals surface area contributed by atoms with Crippen LogP contribution in [0.2, 0.25) is 19.6 Å². The standard InChI is InChI=1S/C54H53N4OSi.Pt/c1-36-28-52(55-34-47(36)37-22-25-44(26-23-37)60(8,9)10)58-48-19-12-11-18-45(48)46-27-24-43(33-51(46)58)59-42-17-15-16-40(32-42)56-35-57(50-21-14-13-20-49(50)56)41-30-38(53(2,3)4)29-39(31-41)54(5,6)7;/h11-31,34-35H,1-10H3;/q-3;. The number of benzene rings is 6. The molecule has 0 amide bonds. The third kappa shape index (κ3) is 8.09. The number of hydrogen-bond acceptors (Lipinski definition) is 4. The van der Waals surface area contributed by atoms with Crippen molar-refractivity contribution in [2.24, 2.45) is 0 Å². The molecule has 1 aliphatic rings. The molecule has 0 saturated carbocycles. The molecule has 61 heavy (non-hydrogen) atoms. The van der Waals surface area contributed by atoms with Crippen LogP contribution in [0.3, 0.4) is 0 Å². The van der Waals surface area contributed by atoms with E-state index in [0.29, 0.717) is 11.5 Å². The number of ether oxygens (including phenoxy) is 1. The normalized spacial score (nSPS) is 13.1. The Balaban J connectivity index is 0.00000514. The zero-order valence-corrected chi connectivity index (χ0v) is 40.1. The van der Waals surface area contributed by atoms with Crippen LogP contribution in [-0.4, -0.2) is 17.6 Å². The molecule has 5 nitrogen and oxygen atoms in total. The summed E-state index contributed by atoms with van der Waals surface area (Å²) in [4.78, 5) is 9.57. The molecule has 0 N–H and O–H groups in total. The first kappa shape index (κ1) is 42.3. The summed E-state index contributed by atoms with van der Waals surface area (Å²) in [5.74, 6) is 2.06. The van der Waals surface area contributed by atoms with Gasteiger partial charge in [-0.15, -0.1) is 48.1 Å². The Hall–Kier alpha value is -5.42. The van der Waals surface area contributed by atoms with E-state index in [2.05, 4.69) is 210 Å². The van der Waals surface area contributed by atoms with Crippen molar-refractivity contribution in [3.8, 4) is 28.4 Å². The Morgan fingerprint density at radius 1 is 0.639 bits per heavy atom. The third-order valence-corrected chi connectivity index (χ3v) is 13.8. The first-order chi connectivity index (χ1) is 28.5. The van der Waals surface area contributed by atoms with Crippen LogP contribution in [0.4, 0.5) is 22.7 Å². The minimum Gasteiger partial charge on any atom is -0.509 e. The second-order valence-corrected chi connectivity index (χ2v) is 24.3. The van der Waals surface area contributed by atoms with Gasteiger partial charge in [-0.2, -0.15) is 12.1 Å². The van der Waals surface area contributed by atoms with Gasteiger partial charge in [-0.25, -0.2) is 4.98 Å². The van der Waals surface area contributed by atoms with E-state index in [1.165, 1.54) is 27.4 Å². The SMILES string of the molecule is Cc1cc(-n2c3[c-]c(Oc4[c-]c(N5[CH-]N(c6cc(C(C)(C)C)cc(C(C)(C)C)c6)c6ccccc65)ccc4)ccc3c3ccccc32)ncc1-c1ccc([Si](C)(C)C)cc1.[Pt]. The molecule has 3 heterocycles. The number of anilines is 4. The molecule has 9 rings (SSSR count). The summed E-state index contributed by atoms with van der Waals surface area (Å²) >= 11 is 0. The molecule has 0 atom stereocenters. The van der Waals surface area contributed by atoms with Gasteiger partial charge in [0, 0.05) is 66.9 Å². The van der Waals surface area contributed by atoms with E-state index in [9.17, 15) is 0 Å². The van der Waals surface area contributed by atoms with Gasteiger partial charge in [-0.1, -0.05) is 133 Å². The molecule has 0 bridgehead atoms. The van der Waals surface area contributed by atoms with E-state index in [0.717, 1.165) is 55.9 Å². The fraction of sp³-hybridized carbons (Fsp3) is 0.222. The van der Waals surface area contributed by atoms with Gasteiger partial charge < -0.3 is 19.1 Å². The monoisotopic (exact) mass is 996 g/mol. The Morgan fingerprint density at radius 3 is 1.93 bits per heavy atom. The van der Waals surface area contributed by atoms with Crippen molar-refractivity contribution in [1.29, 1.82) is 0 Å². The van der Waals surface area contributed by atoms with E-state index in [4.69, 9.17) is 9.72 Å². The van der Waals surface area contributed by atoms with Crippen molar-refractivity contribution in [3.63, 3.8) is 0 Å². The van der Waals surface area contributed by atoms with E-state index in [-0.39, 0.29) is 31.9 Å². The predicted molar refractivity (Wildman–Crippen MR) is 255 cm³/mol. The Morgan fingerprint density at radius 2 is 1.28 bits per heavy atom. The molecular weight excluding hydrogens is 944 g/mol. The molecular formula is C54H53N4OPtSi-3. The maximum Gasteiger partial charge on any atom is 0.135 e. The number of aryl methyl sites for hydroxylation is 1. The molecule has 7 heteroatoms. The largest absolute Gasteiger partial charge is 0.509 e. The number of nitrogens with zero attached hydrogens (tertiary/aromatic N) is 4. The minimum atomic E-state index is -1.39. The second-order valence-electron chi connectivity index (χ2n) is 19.2. The molecule has 2 aromatic heterocycles. The number of fused-ring (bicyclic) bond motifs is 4. The molecule has 0 fully saturated rings. The molecule has 0 radical (unpaired) electrons. The summed E-state index contributed by atoms with van der Waals surface area (Å²) in [7, 11) is -1.39. The summed E-state index contributed by atoms with van der Waals surface area (Å²) in [6.07, 6.45) is 2.01. The van der Waals surface area contributed by atoms with Crippen LogP contribution < -0.4 is 19.7 Å². The van der Waals surface area contributed by atoms with Crippen LogP contribution in [-0.2, 0) is 31.9 Å². The van der Waals surface area contributed by atoms with Crippen molar-refractivity contribution in [2.45, 2.75) is 78.9 Å². The summed E-state index contributed by atoms with van der Waals surface area (Å²) in [6, 6.07) is 52.7. The zero-order valence-electron chi connectivity index (χ0n) is 36.8. The first-order valence-electron chi connectivity index (χ1n) is 21.0. The molecule has 8 aromatic rings. The number of para-hydroxylation sites is 3. The van der Waals surface area contributed by atoms with Gasteiger partial charge in [-0.05, 0) is 81.8 Å².